The van der Waals surface area contributed by atoms with Crippen LogP contribution in [0.4, 0.5) is 0 Å². The smallest absolute Gasteiger partial charge is 0.0541 e. The van der Waals surface area contributed by atoms with Gasteiger partial charge in [0.15, 0.2) is 0 Å². The van der Waals surface area contributed by atoms with Crippen molar-refractivity contribution >= 4 is 54.9 Å². The minimum Gasteiger partial charge on any atom is -0.309 e. The summed E-state index contributed by atoms with van der Waals surface area (Å²) < 4.78 is 3.82. The van der Waals surface area contributed by atoms with E-state index in [1.54, 1.807) is 0 Å². The first-order chi connectivity index (χ1) is 21.8. The largest absolute Gasteiger partial charge is 0.309 e. The Kier molecular flexibility index (Phi) is 6.02. The summed E-state index contributed by atoms with van der Waals surface area (Å²) in [6, 6.07) is 40.9. The Labute approximate surface area is 261 Å². The molecule has 0 amide bonds. The summed E-state index contributed by atoms with van der Waals surface area (Å²) in [7, 11) is 0. The minimum absolute atomic E-state index is 1.10. The van der Waals surface area contributed by atoms with Crippen LogP contribution in [-0.4, -0.2) is 4.57 Å². The average molecular weight is 582 g/mol. The summed E-state index contributed by atoms with van der Waals surface area (Å²) >= 11 is 1.96. The number of aryl methyl sites for hydroxylation is 1. The maximum atomic E-state index is 2.44. The third kappa shape index (κ3) is 4.21. The van der Waals surface area contributed by atoms with Crippen molar-refractivity contribution in [3.05, 3.63) is 150 Å². The monoisotopic (exact) mass is 581 g/mol. The highest BCUT2D eigenvalue weighted by molar-refractivity contribution is 7.19. The summed E-state index contributed by atoms with van der Waals surface area (Å²) in [4.78, 5) is 1.52. The zero-order chi connectivity index (χ0) is 29.0. The van der Waals surface area contributed by atoms with Gasteiger partial charge in [0.05, 0.1) is 11.0 Å². The molecule has 2 aliphatic rings. The molecule has 0 unspecified atom stereocenters. The van der Waals surface area contributed by atoms with Crippen molar-refractivity contribution in [3.63, 3.8) is 0 Å². The fourth-order valence-electron chi connectivity index (χ4n) is 7.09. The number of allylic oxidation sites excluding steroid dienone is 5. The minimum atomic E-state index is 1.10. The number of hydrogen-bond acceptors (Lipinski definition) is 1. The molecular weight excluding hydrogens is 551 g/mol. The Bertz CT molecular complexity index is 2310. The van der Waals surface area contributed by atoms with Crippen LogP contribution in [0.25, 0.3) is 71.5 Å². The summed E-state index contributed by atoms with van der Waals surface area (Å²) in [5.74, 6) is 0. The van der Waals surface area contributed by atoms with E-state index >= 15 is 0 Å². The maximum Gasteiger partial charge on any atom is 0.0541 e. The highest BCUT2D eigenvalue weighted by Gasteiger charge is 2.17. The Balaban J connectivity index is 1.23. The Hall–Kier alpha value is -4.92. The van der Waals surface area contributed by atoms with E-state index in [2.05, 4.69) is 144 Å². The van der Waals surface area contributed by atoms with E-state index in [-0.39, 0.29) is 0 Å². The molecule has 9 rings (SSSR count). The van der Waals surface area contributed by atoms with Gasteiger partial charge in [-0.25, -0.2) is 0 Å². The number of benzene rings is 5. The predicted octanol–water partition coefficient (Wildman–Crippen LogP) is 12.0. The molecule has 0 atom stereocenters. The second-order valence-electron chi connectivity index (χ2n) is 12.0. The lowest BCUT2D eigenvalue weighted by molar-refractivity contribution is 1.02. The molecule has 1 nitrogen and oxygen atoms in total. The van der Waals surface area contributed by atoms with Gasteiger partial charge in [-0.05, 0) is 113 Å². The van der Waals surface area contributed by atoms with Crippen molar-refractivity contribution in [3.8, 4) is 27.9 Å². The van der Waals surface area contributed by atoms with Crippen molar-refractivity contribution in [1.29, 1.82) is 0 Å². The molecule has 0 saturated heterocycles. The summed E-state index contributed by atoms with van der Waals surface area (Å²) in [5, 5.41) is 3.95. The van der Waals surface area contributed by atoms with Gasteiger partial charge in [-0.15, -0.1) is 11.3 Å². The molecule has 5 aromatic carbocycles. The lowest BCUT2D eigenvalue weighted by Crippen LogP contribution is -1.95. The molecule has 7 aromatic rings. The van der Waals surface area contributed by atoms with Gasteiger partial charge in [0.1, 0.15) is 0 Å². The molecule has 2 heteroatoms. The van der Waals surface area contributed by atoms with E-state index < -0.39 is 0 Å². The lowest BCUT2D eigenvalue weighted by atomic mass is 9.97. The van der Waals surface area contributed by atoms with Crippen molar-refractivity contribution in [2.24, 2.45) is 0 Å². The normalized spacial score (nSPS) is 14.4. The highest BCUT2D eigenvalue weighted by atomic mass is 32.1. The molecule has 0 spiro atoms. The molecule has 0 aliphatic heterocycles. The van der Waals surface area contributed by atoms with Crippen LogP contribution in [0.15, 0.2) is 133 Å². The fraction of sp³-hybridized carbons (Fsp3) is 0.0952. The van der Waals surface area contributed by atoms with E-state index in [0.717, 1.165) is 25.7 Å². The van der Waals surface area contributed by atoms with Gasteiger partial charge in [0.25, 0.3) is 0 Å². The zero-order valence-electron chi connectivity index (χ0n) is 24.5. The topological polar surface area (TPSA) is 4.93 Å². The van der Waals surface area contributed by atoms with Gasteiger partial charge in [-0.3, -0.25) is 0 Å². The first-order valence-electron chi connectivity index (χ1n) is 15.6. The molecular formula is C42H31NS. The lowest BCUT2D eigenvalue weighted by Gasteiger charge is -2.12. The molecule has 0 N–H and O–H groups in total. The van der Waals surface area contributed by atoms with Gasteiger partial charge in [0.2, 0.25) is 0 Å². The first kappa shape index (κ1) is 25.6. The van der Waals surface area contributed by atoms with Crippen molar-refractivity contribution in [2.75, 3.05) is 0 Å². The van der Waals surface area contributed by atoms with Gasteiger partial charge in [0, 0.05) is 31.4 Å². The maximum absolute atomic E-state index is 2.44. The van der Waals surface area contributed by atoms with Crippen LogP contribution >= 0.6 is 11.3 Å². The Morgan fingerprint density at radius 1 is 0.545 bits per heavy atom. The number of aromatic nitrogens is 1. The zero-order valence-corrected chi connectivity index (χ0v) is 25.3. The van der Waals surface area contributed by atoms with Crippen LogP contribution in [0.2, 0.25) is 0 Å². The molecule has 0 fully saturated rings. The highest BCUT2D eigenvalue weighted by Crippen LogP contribution is 2.40. The molecule has 2 aromatic heterocycles. The average Bonchev–Trinajstić information content (AvgIpc) is 3.64. The third-order valence-electron chi connectivity index (χ3n) is 9.34. The van der Waals surface area contributed by atoms with E-state index in [4.69, 9.17) is 0 Å². The van der Waals surface area contributed by atoms with Crippen LogP contribution in [0, 0.1) is 0 Å². The fourth-order valence-corrected chi connectivity index (χ4v) is 8.28. The van der Waals surface area contributed by atoms with Gasteiger partial charge < -0.3 is 4.57 Å². The third-order valence-corrected chi connectivity index (χ3v) is 10.6. The molecule has 44 heavy (non-hydrogen) atoms. The summed E-state index contributed by atoms with van der Waals surface area (Å²) in [6.07, 6.45) is 15.9. The molecule has 2 heterocycles. The van der Waals surface area contributed by atoms with Crippen LogP contribution in [0.1, 0.15) is 35.3 Å². The van der Waals surface area contributed by atoms with Gasteiger partial charge in [-0.2, -0.15) is 0 Å². The second-order valence-corrected chi connectivity index (χ2v) is 13.1. The number of hydrogen-bond donors (Lipinski definition) is 0. The Morgan fingerprint density at radius 2 is 1.20 bits per heavy atom. The van der Waals surface area contributed by atoms with Crippen molar-refractivity contribution in [2.45, 2.75) is 25.7 Å². The van der Waals surface area contributed by atoms with Crippen LogP contribution < -0.4 is 0 Å². The van der Waals surface area contributed by atoms with Crippen molar-refractivity contribution in [1.82, 2.24) is 4.57 Å². The predicted molar refractivity (Wildman–Crippen MR) is 191 cm³/mol. The number of rotatable bonds is 4. The van der Waals surface area contributed by atoms with Crippen LogP contribution in [0.5, 0.6) is 0 Å². The van der Waals surface area contributed by atoms with Crippen molar-refractivity contribution < 1.29 is 0 Å². The van der Waals surface area contributed by atoms with E-state index in [1.165, 1.54) is 81.4 Å². The second kappa shape index (κ2) is 10.4. The van der Waals surface area contributed by atoms with Crippen LogP contribution in [0.3, 0.4) is 0 Å². The van der Waals surface area contributed by atoms with E-state index in [1.807, 2.05) is 11.3 Å². The molecule has 0 bridgehead atoms. The number of nitrogens with zero attached hydrogens (tertiary/aromatic N) is 1. The molecule has 0 saturated carbocycles. The standard InChI is InChI=1S/C42H31NS/c1-3-9-28(10-4-1)30-15-20-34(21-16-30)43-39-22-17-31(29-11-5-2-6-12-29)25-36(39)37-26-32(18-23-40(37)43)33-19-24-42-38(27-33)35-13-7-8-14-41(35)44-42/h1-3,5-7,9,11-13,15-27H,4,8,10,14H2. The quantitative estimate of drug-likeness (QED) is 0.195. The molecule has 2 aliphatic carbocycles. The van der Waals surface area contributed by atoms with E-state index in [0.29, 0.717) is 0 Å². The van der Waals surface area contributed by atoms with Gasteiger partial charge in [-0.1, -0.05) is 91.0 Å². The number of thiophene rings is 1. The number of fused-ring (bicyclic) bond motifs is 6. The molecule has 210 valence electrons. The summed E-state index contributed by atoms with van der Waals surface area (Å²) in [5.41, 5.74) is 12.8. The molecule has 0 radical (unpaired) electrons. The van der Waals surface area contributed by atoms with Gasteiger partial charge >= 0.3 is 0 Å². The van der Waals surface area contributed by atoms with Crippen LogP contribution in [-0.2, 0) is 6.42 Å². The Morgan fingerprint density at radius 3 is 1.93 bits per heavy atom. The first-order valence-corrected chi connectivity index (χ1v) is 16.4. The SMILES string of the molecule is C1=CCCC(c2ccc(-n3c4ccc(-c5ccccc5)cc4c4cc(-c5ccc6sc7c(c6c5)C=CCC7)ccc43)cc2)=C1. The van der Waals surface area contributed by atoms with E-state index in [9.17, 15) is 0 Å². The summed E-state index contributed by atoms with van der Waals surface area (Å²) in [6.45, 7) is 0.